The van der Waals surface area contributed by atoms with Crippen molar-refractivity contribution in [2.24, 2.45) is 0 Å². The van der Waals surface area contributed by atoms with Gasteiger partial charge in [-0.05, 0) is 26.2 Å². The molecule has 2 fully saturated rings. The van der Waals surface area contributed by atoms with E-state index in [0.29, 0.717) is 30.7 Å². The monoisotopic (exact) mass is 430 g/mol. The minimum absolute atomic E-state index is 0.137. The Hall–Kier alpha value is -2.04. The zero-order valence-corrected chi connectivity index (χ0v) is 16.7. The molecule has 3 unspecified atom stereocenters. The van der Waals surface area contributed by atoms with E-state index in [9.17, 15) is 17.6 Å². The SMILES string of the molecule is CC1(F)CCC(Nc2nc(NC3CCC(F)(F)C3)nc(-c3nc(CF)cs3)n2)C1. The van der Waals surface area contributed by atoms with Crippen LogP contribution in [0.25, 0.3) is 10.8 Å². The van der Waals surface area contributed by atoms with E-state index in [-0.39, 0.29) is 42.3 Å². The molecule has 0 aromatic carbocycles. The van der Waals surface area contributed by atoms with Crippen molar-refractivity contribution in [3.05, 3.63) is 11.1 Å². The summed E-state index contributed by atoms with van der Waals surface area (Å²) in [7, 11) is 0. The molecule has 4 rings (SSSR count). The Morgan fingerprint density at radius 2 is 1.66 bits per heavy atom. The van der Waals surface area contributed by atoms with Crippen LogP contribution >= 0.6 is 11.3 Å². The van der Waals surface area contributed by atoms with Crippen LogP contribution in [0, 0.1) is 0 Å². The third kappa shape index (κ3) is 4.93. The molecule has 0 aliphatic heterocycles. The lowest BCUT2D eigenvalue weighted by Crippen LogP contribution is -2.23. The molecule has 0 amide bonds. The van der Waals surface area contributed by atoms with E-state index in [1.807, 2.05) is 0 Å². The van der Waals surface area contributed by atoms with E-state index in [1.54, 1.807) is 12.3 Å². The van der Waals surface area contributed by atoms with Crippen LogP contribution in [0.2, 0.25) is 0 Å². The Bertz CT molecular complexity index is 828. The van der Waals surface area contributed by atoms with Gasteiger partial charge in [-0.25, -0.2) is 22.5 Å². The predicted octanol–water partition coefficient (Wildman–Crippen LogP) is 4.76. The summed E-state index contributed by atoms with van der Waals surface area (Å²) in [4.78, 5) is 17.1. The third-order valence-electron chi connectivity index (χ3n) is 5.27. The van der Waals surface area contributed by atoms with Crippen LogP contribution in [0.4, 0.5) is 29.5 Å². The molecule has 2 aromatic heterocycles. The molecule has 0 spiro atoms. The second kappa shape index (κ2) is 7.66. The first kappa shape index (κ1) is 20.2. The molecule has 158 valence electrons. The van der Waals surface area contributed by atoms with Gasteiger partial charge in [0.1, 0.15) is 12.3 Å². The zero-order chi connectivity index (χ0) is 20.6. The van der Waals surface area contributed by atoms with Crippen LogP contribution in [0.1, 0.15) is 51.1 Å². The second-order valence-electron chi connectivity index (χ2n) is 8.02. The predicted molar refractivity (Wildman–Crippen MR) is 103 cm³/mol. The van der Waals surface area contributed by atoms with Gasteiger partial charge in [0.05, 0.1) is 5.69 Å². The van der Waals surface area contributed by atoms with Crippen LogP contribution in [0.5, 0.6) is 0 Å². The van der Waals surface area contributed by atoms with Gasteiger partial charge in [-0.15, -0.1) is 11.3 Å². The summed E-state index contributed by atoms with van der Waals surface area (Å²) in [6.07, 6.45) is 1.24. The maximum absolute atomic E-state index is 14.2. The van der Waals surface area contributed by atoms with Crippen molar-refractivity contribution in [2.75, 3.05) is 10.6 Å². The first-order chi connectivity index (χ1) is 13.7. The summed E-state index contributed by atoms with van der Waals surface area (Å²) in [5.74, 6) is -2.10. The Balaban J connectivity index is 1.58. The van der Waals surface area contributed by atoms with E-state index in [0.717, 1.165) is 0 Å². The molecular weight excluding hydrogens is 408 g/mol. The molecule has 2 saturated carbocycles. The van der Waals surface area contributed by atoms with E-state index < -0.39 is 24.3 Å². The Kier molecular flexibility index (Phi) is 5.34. The van der Waals surface area contributed by atoms with Crippen molar-refractivity contribution < 1.29 is 17.6 Å². The summed E-state index contributed by atoms with van der Waals surface area (Å²) in [5.41, 5.74) is -0.969. The maximum atomic E-state index is 14.2. The fourth-order valence-electron chi connectivity index (χ4n) is 3.83. The Morgan fingerprint density at radius 1 is 1.00 bits per heavy atom. The maximum Gasteiger partial charge on any atom is 0.250 e. The highest BCUT2D eigenvalue weighted by Gasteiger charge is 2.40. The minimum atomic E-state index is -2.70. The number of thiazole rings is 1. The van der Waals surface area contributed by atoms with Crippen molar-refractivity contribution in [1.29, 1.82) is 0 Å². The molecule has 2 N–H and O–H groups in total. The molecule has 2 heterocycles. The molecular formula is C18H22F4N6S. The first-order valence-electron chi connectivity index (χ1n) is 9.58. The second-order valence-corrected chi connectivity index (χ2v) is 8.88. The molecule has 29 heavy (non-hydrogen) atoms. The Morgan fingerprint density at radius 3 is 2.17 bits per heavy atom. The van der Waals surface area contributed by atoms with E-state index in [1.165, 1.54) is 11.3 Å². The summed E-state index contributed by atoms with van der Waals surface area (Å²) >= 11 is 1.19. The highest BCUT2D eigenvalue weighted by molar-refractivity contribution is 7.13. The van der Waals surface area contributed by atoms with Gasteiger partial charge in [0, 0.05) is 36.7 Å². The number of nitrogens with one attached hydrogen (secondary N) is 2. The molecule has 2 aliphatic rings. The lowest BCUT2D eigenvalue weighted by atomic mass is 10.1. The van der Waals surface area contributed by atoms with Crippen LogP contribution in [-0.4, -0.2) is 43.6 Å². The minimum Gasteiger partial charge on any atom is -0.351 e. The highest BCUT2D eigenvalue weighted by Crippen LogP contribution is 2.37. The highest BCUT2D eigenvalue weighted by atomic mass is 32.1. The number of rotatable bonds is 6. The number of hydrogen-bond donors (Lipinski definition) is 2. The number of alkyl halides is 4. The summed E-state index contributed by atoms with van der Waals surface area (Å²) in [6, 6.07) is -0.590. The molecule has 0 saturated heterocycles. The molecule has 6 nitrogen and oxygen atoms in total. The van der Waals surface area contributed by atoms with E-state index in [2.05, 4.69) is 30.6 Å². The van der Waals surface area contributed by atoms with E-state index in [4.69, 9.17) is 0 Å². The molecule has 11 heteroatoms. The number of aromatic nitrogens is 4. The van der Waals surface area contributed by atoms with Crippen molar-refractivity contribution >= 4 is 23.2 Å². The zero-order valence-electron chi connectivity index (χ0n) is 15.9. The summed E-state index contributed by atoms with van der Waals surface area (Å²) in [6.45, 7) is 0.862. The first-order valence-corrected chi connectivity index (χ1v) is 10.5. The number of nitrogens with zero attached hydrogens (tertiary/aromatic N) is 4. The number of hydrogen-bond acceptors (Lipinski definition) is 7. The van der Waals surface area contributed by atoms with Crippen molar-refractivity contribution in [2.45, 2.75) is 75.8 Å². The van der Waals surface area contributed by atoms with Gasteiger partial charge in [0.25, 0.3) is 0 Å². The van der Waals surface area contributed by atoms with Crippen LogP contribution in [0.15, 0.2) is 5.38 Å². The fraction of sp³-hybridized carbons (Fsp3) is 0.667. The van der Waals surface area contributed by atoms with Gasteiger partial charge in [0.2, 0.25) is 17.8 Å². The third-order valence-corrected chi connectivity index (χ3v) is 6.16. The van der Waals surface area contributed by atoms with Gasteiger partial charge in [0.15, 0.2) is 10.8 Å². The normalized spacial score (nSPS) is 28.6. The van der Waals surface area contributed by atoms with E-state index >= 15 is 0 Å². The summed E-state index contributed by atoms with van der Waals surface area (Å²) < 4.78 is 54.1. The van der Waals surface area contributed by atoms with Crippen LogP contribution < -0.4 is 10.6 Å². The van der Waals surface area contributed by atoms with Crippen molar-refractivity contribution in [1.82, 2.24) is 19.9 Å². The van der Waals surface area contributed by atoms with Crippen molar-refractivity contribution in [3.8, 4) is 10.8 Å². The molecule has 2 aliphatic carbocycles. The van der Waals surface area contributed by atoms with Gasteiger partial charge in [-0.2, -0.15) is 15.0 Å². The molecule has 2 aromatic rings. The van der Waals surface area contributed by atoms with Gasteiger partial charge < -0.3 is 10.6 Å². The number of anilines is 2. The Labute approximate surface area is 169 Å². The molecule has 0 bridgehead atoms. The lowest BCUT2D eigenvalue weighted by molar-refractivity contribution is 0.00851. The largest absolute Gasteiger partial charge is 0.351 e. The smallest absolute Gasteiger partial charge is 0.250 e. The average molecular weight is 430 g/mol. The lowest BCUT2D eigenvalue weighted by Gasteiger charge is -2.17. The summed E-state index contributed by atoms with van der Waals surface area (Å²) in [5, 5.41) is 8.06. The molecule has 3 atom stereocenters. The number of halogens is 4. The topological polar surface area (TPSA) is 75.6 Å². The van der Waals surface area contributed by atoms with Gasteiger partial charge in [-0.1, -0.05) is 0 Å². The average Bonchev–Trinajstić information content (AvgIpc) is 3.33. The van der Waals surface area contributed by atoms with Crippen molar-refractivity contribution in [3.63, 3.8) is 0 Å². The fourth-order valence-corrected chi connectivity index (χ4v) is 4.56. The quantitative estimate of drug-likeness (QED) is 0.644. The molecule has 0 radical (unpaired) electrons. The van der Waals surface area contributed by atoms with Crippen LogP contribution in [-0.2, 0) is 6.67 Å². The van der Waals surface area contributed by atoms with Gasteiger partial charge in [-0.3, -0.25) is 0 Å². The standard InChI is InChI=1S/C18H22F4N6S/c1-17(20)4-2-10(6-17)24-15-26-13(14-23-12(8-19)9-29-14)27-16(28-15)25-11-3-5-18(21,22)7-11/h9-11H,2-8H2,1H3,(H2,24,25,26,27,28). The van der Waals surface area contributed by atoms with Gasteiger partial charge >= 0.3 is 0 Å². The van der Waals surface area contributed by atoms with Crippen LogP contribution in [0.3, 0.4) is 0 Å².